The summed E-state index contributed by atoms with van der Waals surface area (Å²) in [5.74, 6) is 0.691. The van der Waals surface area contributed by atoms with Gasteiger partial charge in [0.05, 0.1) is 23.3 Å². The van der Waals surface area contributed by atoms with Gasteiger partial charge in [0.1, 0.15) is 5.75 Å². The molecular weight excluding hydrogens is 498 g/mol. The van der Waals surface area contributed by atoms with Crippen LogP contribution in [0.2, 0.25) is 0 Å². The number of nitrogens with one attached hydrogen (secondary N) is 1. The molecule has 0 saturated heterocycles. The minimum atomic E-state index is -0.633. The third-order valence-corrected chi connectivity index (χ3v) is 7.97. The van der Waals surface area contributed by atoms with Gasteiger partial charge in [-0.3, -0.25) is 19.7 Å². The van der Waals surface area contributed by atoms with Crippen LogP contribution < -0.4 is 15.0 Å². The van der Waals surface area contributed by atoms with E-state index in [1.54, 1.807) is 12.4 Å². The molecule has 0 saturated carbocycles. The van der Waals surface area contributed by atoms with E-state index in [0.29, 0.717) is 13.1 Å². The van der Waals surface area contributed by atoms with Crippen molar-refractivity contribution in [3.63, 3.8) is 0 Å². The van der Waals surface area contributed by atoms with Crippen LogP contribution >= 0.6 is 0 Å². The Kier molecular flexibility index (Phi) is 6.60. The van der Waals surface area contributed by atoms with E-state index < -0.39 is 5.72 Å². The Bertz CT molecular complexity index is 1510. The van der Waals surface area contributed by atoms with Crippen LogP contribution in [0.15, 0.2) is 97.3 Å². The number of pyridine rings is 2. The van der Waals surface area contributed by atoms with Gasteiger partial charge in [-0.2, -0.15) is 0 Å². The molecule has 7 nitrogen and oxygen atoms in total. The Morgan fingerprint density at radius 2 is 1.60 bits per heavy atom. The molecule has 0 bridgehead atoms. The van der Waals surface area contributed by atoms with Gasteiger partial charge < -0.3 is 15.0 Å². The van der Waals surface area contributed by atoms with Gasteiger partial charge >= 0.3 is 0 Å². The van der Waals surface area contributed by atoms with Crippen molar-refractivity contribution >= 4 is 23.4 Å². The molecule has 1 spiro atoms. The molecule has 2 aliphatic rings. The molecule has 1 amide bonds. The van der Waals surface area contributed by atoms with Crippen molar-refractivity contribution < 1.29 is 9.53 Å². The average Bonchev–Trinajstić information content (AvgIpc) is 3.12. The van der Waals surface area contributed by atoms with Gasteiger partial charge in [-0.1, -0.05) is 30.3 Å². The Labute approximate surface area is 235 Å². The number of carbonyl (C=O) groups excluding carboxylic acids is 1. The van der Waals surface area contributed by atoms with Crippen molar-refractivity contribution in [1.82, 2.24) is 14.9 Å². The first-order chi connectivity index (χ1) is 19.4. The minimum absolute atomic E-state index is 0.101. The number of anilines is 2. The highest BCUT2D eigenvalue weighted by molar-refractivity contribution is 5.93. The summed E-state index contributed by atoms with van der Waals surface area (Å²) in [5.41, 5.74) is 5.00. The molecule has 2 aromatic heterocycles. The van der Waals surface area contributed by atoms with Gasteiger partial charge in [0, 0.05) is 49.5 Å². The number of nitrogens with zero attached hydrogens (tertiary/aromatic N) is 4. The zero-order chi connectivity index (χ0) is 27.7. The van der Waals surface area contributed by atoms with Gasteiger partial charge in [-0.15, -0.1) is 0 Å². The molecular formula is C33H33N5O2. The monoisotopic (exact) mass is 531 g/mol. The molecule has 2 aliphatic heterocycles. The summed E-state index contributed by atoms with van der Waals surface area (Å²) < 4.78 is 6.75. The Hall–Kier alpha value is -4.49. The van der Waals surface area contributed by atoms with E-state index in [2.05, 4.69) is 77.5 Å². The second-order valence-electron chi connectivity index (χ2n) is 10.9. The molecule has 40 heavy (non-hydrogen) atoms. The average molecular weight is 532 g/mol. The maximum absolute atomic E-state index is 13.2. The normalized spacial score (nSPS) is 18.4. The highest BCUT2D eigenvalue weighted by atomic mass is 16.5. The van der Waals surface area contributed by atoms with Crippen molar-refractivity contribution in [2.75, 3.05) is 23.8 Å². The number of carbonyl (C=O) groups is 1. The van der Waals surface area contributed by atoms with E-state index in [9.17, 15) is 4.79 Å². The Morgan fingerprint density at radius 3 is 2.25 bits per heavy atom. The van der Waals surface area contributed by atoms with Crippen LogP contribution in [0, 0.1) is 0 Å². The zero-order valence-corrected chi connectivity index (χ0v) is 23.0. The molecule has 0 fully saturated rings. The van der Waals surface area contributed by atoms with Crippen LogP contribution in [0.3, 0.4) is 0 Å². The van der Waals surface area contributed by atoms with Crippen LogP contribution in [0.4, 0.5) is 11.4 Å². The predicted octanol–water partition coefficient (Wildman–Crippen LogP) is 5.65. The first-order valence-electron chi connectivity index (χ1n) is 13.5. The fourth-order valence-corrected chi connectivity index (χ4v) is 5.87. The summed E-state index contributed by atoms with van der Waals surface area (Å²) in [7, 11) is 2.08. The van der Waals surface area contributed by atoms with Gasteiger partial charge in [0.15, 0.2) is 0 Å². The fourth-order valence-electron chi connectivity index (χ4n) is 5.87. The molecule has 7 heteroatoms. The number of benzene rings is 2. The molecule has 202 valence electrons. The SMILES string of the molecule is CN1c2ccccc2C(C)(C)C12C=Cc1cc(NC(=O)CN(Cc3ccccn3)Cc3ccccn3)ccc1O2. The molecule has 4 heterocycles. The zero-order valence-electron chi connectivity index (χ0n) is 23.0. The summed E-state index contributed by atoms with van der Waals surface area (Å²) in [6.45, 7) is 5.73. The molecule has 1 atom stereocenters. The van der Waals surface area contributed by atoms with Crippen LogP contribution in [0.5, 0.6) is 5.75 Å². The number of hydrogen-bond acceptors (Lipinski definition) is 6. The summed E-state index contributed by atoms with van der Waals surface area (Å²) in [6, 6.07) is 25.9. The van der Waals surface area contributed by atoms with Crippen molar-refractivity contribution in [3.05, 3.63) is 120 Å². The molecule has 4 aromatic rings. The molecule has 1 unspecified atom stereocenters. The molecule has 1 N–H and O–H groups in total. The molecule has 6 rings (SSSR count). The fraction of sp³-hybridized carbons (Fsp3) is 0.242. The van der Waals surface area contributed by atoms with E-state index in [4.69, 9.17) is 4.74 Å². The second kappa shape index (κ2) is 10.2. The van der Waals surface area contributed by atoms with E-state index in [1.165, 1.54) is 11.3 Å². The maximum Gasteiger partial charge on any atom is 0.238 e. The third kappa shape index (κ3) is 4.62. The van der Waals surface area contributed by atoms with E-state index >= 15 is 0 Å². The Morgan fingerprint density at radius 1 is 0.925 bits per heavy atom. The topological polar surface area (TPSA) is 70.6 Å². The largest absolute Gasteiger partial charge is 0.463 e. The highest BCUT2D eigenvalue weighted by Gasteiger charge is 2.57. The predicted molar refractivity (Wildman–Crippen MR) is 158 cm³/mol. The van der Waals surface area contributed by atoms with Crippen molar-refractivity contribution in [2.45, 2.75) is 38.1 Å². The standard InChI is InChI=1S/C33H33N5O2/c1-32(2)28-12-4-5-13-29(28)37(3)33(32)17-16-24-20-25(14-15-30(24)40-33)36-31(39)23-38(21-26-10-6-8-18-34-26)22-27-11-7-9-19-35-27/h4-20H,21-23H2,1-3H3,(H,36,39). The number of aromatic nitrogens is 2. The first-order valence-corrected chi connectivity index (χ1v) is 13.5. The Balaban J connectivity index is 1.18. The maximum atomic E-state index is 13.2. The van der Waals surface area contributed by atoms with Crippen LogP contribution in [-0.2, 0) is 23.3 Å². The van der Waals surface area contributed by atoms with Crippen LogP contribution in [-0.4, -0.2) is 40.1 Å². The number of fused-ring (bicyclic) bond motifs is 2. The van der Waals surface area contributed by atoms with Gasteiger partial charge in [0.25, 0.3) is 0 Å². The van der Waals surface area contributed by atoms with E-state index in [1.807, 2.05) is 59.5 Å². The van der Waals surface area contributed by atoms with Gasteiger partial charge in [-0.25, -0.2) is 0 Å². The van der Waals surface area contributed by atoms with Crippen LogP contribution in [0.25, 0.3) is 6.08 Å². The second-order valence-corrected chi connectivity index (χ2v) is 10.9. The van der Waals surface area contributed by atoms with Crippen molar-refractivity contribution in [2.24, 2.45) is 0 Å². The lowest BCUT2D eigenvalue weighted by Gasteiger charge is -2.45. The summed E-state index contributed by atoms with van der Waals surface area (Å²) in [5, 5.41) is 3.07. The summed E-state index contributed by atoms with van der Waals surface area (Å²) in [6.07, 6.45) is 7.78. The summed E-state index contributed by atoms with van der Waals surface area (Å²) in [4.78, 5) is 26.3. The number of amides is 1. The van der Waals surface area contributed by atoms with Crippen molar-refractivity contribution in [3.8, 4) is 5.75 Å². The lowest BCUT2D eigenvalue weighted by molar-refractivity contribution is -0.117. The lowest BCUT2D eigenvalue weighted by Crippen LogP contribution is -2.58. The number of rotatable bonds is 7. The molecule has 0 aliphatic carbocycles. The molecule has 2 aromatic carbocycles. The minimum Gasteiger partial charge on any atom is -0.463 e. The van der Waals surface area contributed by atoms with Crippen molar-refractivity contribution in [1.29, 1.82) is 0 Å². The van der Waals surface area contributed by atoms with Crippen LogP contribution in [0.1, 0.15) is 36.4 Å². The third-order valence-electron chi connectivity index (χ3n) is 7.97. The summed E-state index contributed by atoms with van der Waals surface area (Å²) >= 11 is 0. The smallest absolute Gasteiger partial charge is 0.238 e. The molecule has 0 radical (unpaired) electrons. The highest BCUT2D eigenvalue weighted by Crippen LogP contribution is 2.54. The van der Waals surface area contributed by atoms with Gasteiger partial charge in [0.2, 0.25) is 11.6 Å². The van der Waals surface area contributed by atoms with E-state index in [-0.39, 0.29) is 17.9 Å². The lowest BCUT2D eigenvalue weighted by atomic mass is 9.76. The number of ether oxygens (including phenoxy) is 1. The van der Waals surface area contributed by atoms with Gasteiger partial charge in [-0.05, 0) is 80.1 Å². The van der Waals surface area contributed by atoms with E-state index in [0.717, 1.165) is 28.4 Å². The first kappa shape index (κ1) is 25.8. The number of likely N-dealkylation sites (N-methyl/N-ethyl adjacent to an activating group) is 1. The number of para-hydroxylation sites is 1. The quantitative estimate of drug-likeness (QED) is 0.333. The number of hydrogen-bond donors (Lipinski definition) is 1.